The molecule has 2 aliphatic heterocycles. The molecule has 0 spiro atoms. The summed E-state index contributed by atoms with van der Waals surface area (Å²) >= 11 is 1.48. The summed E-state index contributed by atoms with van der Waals surface area (Å²) < 4.78 is 0. The Bertz CT molecular complexity index is 804. The summed E-state index contributed by atoms with van der Waals surface area (Å²) in [7, 11) is 0. The highest BCUT2D eigenvalue weighted by molar-refractivity contribution is 8.01. The van der Waals surface area contributed by atoms with Crippen molar-refractivity contribution in [2.45, 2.75) is 16.6 Å². The summed E-state index contributed by atoms with van der Waals surface area (Å²) in [6, 6.07) is 18.0. The van der Waals surface area contributed by atoms with Gasteiger partial charge in [0.25, 0.3) is 0 Å². The molecule has 6 heteroatoms. The van der Waals surface area contributed by atoms with E-state index in [0.29, 0.717) is 13.1 Å². The molecule has 134 valence electrons. The van der Waals surface area contributed by atoms with Gasteiger partial charge in [0.05, 0.1) is 10.9 Å². The van der Waals surface area contributed by atoms with Gasteiger partial charge in [-0.15, -0.1) is 11.8 Å². The number of benzene rings is 2. The van der Waals surface area contributed by atoms with Crippen LogP contribution >= 0.6 is 11.8 Å². The quantitative estimate of drug-likeness (QED) is 0.906. The van der Waals surface area contributed by atoms with Gasteiger partial charge in [0.1, 0.15) is 0 Å². The first-order chi connectivity index (χ1) is 12.7. The van der Waals surface area contributed by atoms with Crippen LogP contribution in [0, 0.1) is 0 Å². The Morgan fingerprint density at radius 2 is 1.69 bits per heavy atom. The van der Waals surface area contributed by atoms with Gasteiger partial charge in [0.2, 0.25) is 11.8 Å². The number of carbonyl (C=O) groups is 2. The fourth-order valence-electron chi connectivity index (χ4n) is 3.37. The highest BCUT2D eigenvalue weighted by atomic mass is 32.2. The number of rotatable bonds is 3. The van der Waals surface area contributed by atoms with E-state index >= 15 is 0 Å². The van der Waals surface area contributed by atoms with Crippen molar-refractivity contribution in [1.29, 1.82) is 0 Å². The number of anilines is 2. The Morgan fingerprint density at radius 3 is 2.46 bits per heavy atom. The maximum Gasteiger partial charge on any atom is 0.238 e. The fraction of sp³-hybridized carbons (Fsp3) is 0.300. The number of thioether (sulfide) groups is 1. The molecule has 0 saturated carbocycles. The van der Waals surface area contributed by atoms with Gasteiger partial charge in [-0.25, -0.2) is 0 Å². The summed E-state index contributed by atoms with van der Waals surface area (Å²) in [5.74, 6) is -0.0188. The van der Waals surface area contributed by atoms with E-state index in [-0.39, 0.29) is 23.5 Å². The van der Waals surface area contributed by atoms with E-state index in [9.17, 15) is 9.59 Å². The molecule has 0 unspecified atom stereocenters. The first-order valence-electron chi connectivity index (χ1n) is 8.85. The van der Waals surface area contributed by atoms with E-state index in [1.54, 1.807) is 0 Å². The van der Waals surface area contributed by atoms with Crippen molar-refractivity contribution >= 4 is 35.0 Å². The van der Waals surface area contributed by atoms with Gasteiger partial charge >= 0.3 is 0 Å². The smallest absolute Gasteiger partial charge is 0.238 e. The van der Waals surface area contributed by atoms with Crippen LogP contribution in [0.2, 0.25) is 0 Å². The standard InChI is InChI=1S/C20H21N3O2S/c24-19(14-18-20(25)21-16-8-4-5-9-17(16)26-18)23-12-10-22(11-13-23)15-6-2-1-3-7-15/h1-9,18H,10-14H2,(H,21,25)/t18-/m0/s1. The number of para-hydroxylation sites is 2. The highest BCUT2D eigenvalue weighted by Gasteiger charge is 2.31. The zero-order valence-electron chi connectivity index (χ0n) is 14.4. The third-order valence-corrected chi connectivity index (χ3v) is 6.10. The van der Waals surface area contributed by atoms with Crippen LogP contribution in [0.15, 0.2) is 59.5 Å². The number of fused-ring (bicyclic) bond motifs is 1. The van der Waals surface area contributed by atoms with Crippen LogP contribution in [0.3, 0.4) is 0 Å². The summed E-state index contributed by atoms with van der Waals surface area (Å²) in [5, 5.41) is 2.55. The second-order valence-corrected chi connectivity index (χ2v) is 7.74. The molecule has 2 heterocycles. The van der Waals surface area contributed by atoms with Crippen molar-refractivity contribution in [3.8, 4) is 0 Å². The molecule has 1 N–H and O–H groups in total. The van der Waals surface area contributed by atoms with Crippen molar-refractivity contribution in [2.24, 2.45) is 0 Å². The van der Waals surface area contributed by atoms with E-state index in [2.05, 4.69) is 22.3 Å². The molecular formula is C20H21N3O2S. The maximum absolute atomic E-state index is 12.7. The molecule has 2 amide bonds. The number of nitrogens with one attached hydrogen (secondary N) is 1. The SMILES string of the molecule is O=C1Nc2ccccc2S[C@H]1CC(=O)N1CCN(c2ccccc2)CC1. The van der Waals surface area contributed by atoms with Crippen molar-refractivity contribution in [3.05, 3.63) is 54.6 Å². The number of piperazine rings is 1. The first kappa shape index (κ1) is 17.0. The van der Waals surface area contributed by atoms with Gasteiger partial charge in [-0.2, -0.15) is 0 Å². The number of amides is 2. The average Bonchev–Trinajstić information content (AvgIpc) is 2.69. The average molecular weight is 367 g/mol. The zero-order valence-corrected chi connectivity index (χ0v) is 15.2. The topological polar surface area (TPSA) is 52.7 Å². The first-order valence-corrected chi connectivity index (χ1v) is 9.73. The lowest BCUT2D eigenvalue weighted by Crippen LogP contribution is -2.49. The lowest BCUT2D eigenvalue weighted by molar-refractivity contribution is -0.132. The molecule has 2 aromatic carbocycles. The van der Waals surface area contributed by atoms with Gasteiger partial charge in [0.15, 0.2) is 0 Å². The predicted octanol–water partition coefficient (Wildman–Crippen LogP) is 2.84. The molecular weight excluding hydrogens is 346 g/mol. The van der Waals surface area contributed by atoms with Crippen molar-refractivity contribution < 1.29 is 9.59 Å². The lowest BCUT2D eigenvalue weighted by Gasteiger charge is -2.36. The molecule has 0 radical (unpaired) electrons. The van der Waals surface area contributed by atoms with Crippen LogP contribution in [-0.2, 0) is 9.59 Å². The maximum atomic E-state index is 12.7. The third-order valence-electron chi connectivity index (χ3n) is 4.82. The Morgan fingerprint density at radius 1 is 1.00 bits per heavy atom. The van der Waals surface area contributed by atoms with Crippen molar-refractivity contribution in [2.75, 3.05) is 36.4 Å². The summed E-state index contributed by atoms with van der Waals surface area (Å²) in [6.45, 7) is 3.04. The van der Waals surface area contributed by atoms with E-state index < -0.39 is 0 Å². The molecule has 1 saturated heterocycles. The molecule has 5 nitrogen and oxygen atoms in total. The second kappa shape index (κ2) is 7.41. The van der Waals surface area contributed by atoms with E-state index in [0.717, 1.165) is 23.7 Å². The lowest BCUT2D eigenvalue weighted by atomic mass is 10.2. The molecule has 0 aromatic heterocycles. The normalized spacial score (nSPS) is 19.7. The molecule has 4 rings (SSSR count). The molecule has 1 atom stereocenters. The van der Waals surface area contributed by atoms with Gasteiger partial charge in [-0.05, 0) is 24.3 Å². The van der Waals surface area contributed by atoms with E-state index in [4.69, 9.17) is 0 Å². The van der Waals surface area contributed by atoms with Crippen LogP contribution in [0.4, 0.5) is 11.4 Å². The van der Waals surface area contributed by atoms with Gasteiger partial charge in [-0.1, -0.05) is 30.3 Å². The van der Waals surface area contributed by atoms with Crippen LogP contribution in [-0.4, -0.2) is 48.1 Å². The number of hydrogen-bond donors (Lipinski definition) is 1. The Balaban J connectivity index is 1.34. The van der Waals surface area contributed by atoms with Crippen molar-refractivity contribution in [1.82, 2.24) is 4.90 Å². The summed E-state index contributed by atoms with van der Waals surface area (Å²) in [5.41, 5.74) is 2.03. The summed E-state index contributed by atoms with van der Waals surface area (Å²) in [4.78, 5) is 30.2. The van der Waals surface area contributed by atoms with Gasteiger partial charge in [0, 0.05) is 43.2 Å². The van der Waals surface area contributed by atoms with Crippen LogP contribution in [0.1, 0.15) is 6.42 Å². The third kappa shape index (κ3) is 3.55. The Kier molecular flexibility index (Phi) is 4.84. The summed E-state index contributed by atoms with van der Waals surface area (Å²) in [6.07, 6.45) is 0.246. The van der Waals surface area contributed by atoms with Crippen LogP contribution < -0.4 is 10.2 Å². The number of hydrogen-bond acceptors (Lipinski definition) is 4. The van der Waals surface area contributed by atoms with Crippen molar-refractivity contribution in [3.63, 3.8) is 0 Å². The zero-order chi connectivity index (χ0) is 17.9. The second-order valence-electron chi connectivity index (χ2n) is 6.50. The largest absolute Gasteiger partial charge is 0.368 e. The molecule has 2 aromatic rings. The number of carbonyl (C=O) groups excluding carboxylic acids is 2. The van der Waals surface area contributed by atoms with Crippen LogP contribution in [0.25, 0.3) is 0 Å². The molecule has 26 heavy (non-hydrogen) atoms. The Labute approximate surface area is 157 Å². The molecule has 1 fully saturated rings. The minimum absolute atomic E-state index is 0.0599. The minimum Gasteiger partial charge on any atom is -0.368 e. The van der Waals surface area contributed by atoms with Crippen LogP contribution in [0.5, 0.6) is 0 Å². The number of nitrogens with zero attached hydrogens (tertiary/aromatic N) is 2. The fourth-order valence-corrected chi connectivity index (χ4v) is 4.47. The molecule has 2 aliphatic rings. The predicted molar refractivity (Wildman–Crippen MR) is 105 cm³/mol. The van der Waals surface area contributed by atoms with E-state index in [1.165, 1.54) is 17.4 Å². The highest BCUT2D eigenvalue weighted by Crippen LogP contribution is 2.36. The minimum atomic E-state index is -0.357. The molecule has 0 aliphatic carbocycles. The van der Waals surface area contributed by atoms with E-state index in [1.807, 2.05) is 47.4 Å². The molecule has 0 bridgehead atoms. The Hall–Kier alpha value is -2.47. The monoisotopic (exact) mass is 367 g/mol. The van der Waals surface area contributed by atoms with Gasteiger partial charge in [-0.3, -0.25) is 9.59 Å². The van der Waals surface area contributed by atoms with Gasteiger partial charge < -0.3 is 15.1 Å².